The molecular weight excluding hydrogens is 350 g/mol. The molecule has 6 nitrogen and oxygen atoms in total. The number of ether oxygens (including phenoxy) is 1. The Morgan fingerprint density at radius 1 is 1.27 bits per heavy atom. The van der Waals surface area contributed by atoms with Crippen LogP contribution in [0.3, 0.4) is 0 Å². The van der Waals surface area contributed by atoms with Gasteiger partial charge in [0.25, 0.3) is 5.91 Å². The first-order valence-corrected chi connectivity index (χ1v) is 9.22. The summed E-state index contributed by atoms with van der Waals surface area (Å²) >= 11 is 1.12. The Kier molecular flexibility index (Phi) is 4.34. The maximum Gasteiger partial charge on any atom is 0.251 e. The Balaban J connectivity index is 1.53. The lowest BCUT2D eigenvalue weighted by molar-refractivity contribution is 0.0189. The molecule has 1 aliphatic rings. The minimum absolute atomic E-state index is 0.165. The summed E-state index contributed by atoms with van der Waals surface area (Å²) in [6, 6.07) is 10.9. The van der Waals surface area contributed by atoms with E-state index in [-0.39, 0.29) is 12.5 Å². The van der Waals surface area contributed by atoms with Crippen molar-refractivity contribution in [2.24, 2.45) is 0 Å². The Morgan fingerprint density at radius 3 is 2.96 bits per heavy atom. The molecule has 0 fully saturated rings. The number of aryl methyl sites for hydroxylation is 1. The number of hydrogen-bond acceptors (Lipinski definition) is 6. The van der Waals surface area contributed by atoms with Crippen LogP contribution in [0.5, 0.6) is 5.75 Å². The van der Waals surface area contributed by atoms with Gasteiger partial charge in [-0.25, -0.2) is 0 Å². The predicted molar refractivity (Wildman–Crippen MR) is 99.6 cm³/mol. The summed E-state index contributed by atoms with van der Waals surface area (Å²) in [6.45, 7) is 0.165. The minimum atomic E-state index is -1.07. The summed E-state index contributed by atoms with van der Waals surface area (Å²) < 4.78 is 13.6. The molecule has 1 amide bonds. The van der Waals surface area contributed by atoms with E-state index in [9.17, 15) is 9.90 Å². The van der Waals surface area contributed by atoms with Crippen LogP contribution in [0.2, 0.25) is 0 Å². The highest BCUT2D eigenvalue weighted by atomic mass is 32.1. The van der Waals surface area contributed by atoms with Crippen LogP contribution in [0.4, 0.5) is 0 Å². The van der Waals surface area contributed by atoms with Crippen molar-refractivity contribution in [2.45, 2.75) is 24.9 Å². The van der Waals surface area contributed by atoms with Crippen LogP contribution in [0.25, 0.3) is 11.0 Å². The van der Waals surface area contributed by atoms with Crippen molar-refractivity contribution in [1.29, 1.82) is 0 Å². The molecule has 4 rings (SSSR count). The highest BCUT2D eigenvalue weighted by molar-refractivity contribution is 7.00. The van der Waals surface area contributed by atoms with Gasteiger partial charge in [-0.3, -0.25) is 4.79 Å². The molecule has 7 heteroatoms. The summed E-state index contributed by atoms with van der Waals surface area (Å²) in [6.07, 6.45) is 2.38. The van der Waals surface area contributed by atoms with Crippen molar-refractivity contribution in [2.75, 3.05) is 13.7 Å². The van der Waals surface area contributed by atoms with E-state index in [1.165, 1.54) is 0 Å². The number of benzene rings is 2. The molecule has 0 aliphatic heterocycles. The van der Waals surface area contributed by atoms with E-state index in [0.29, 0.717) is 17.5 Å². The molecule has 1 aliphatic carbocycles. The average molecular weight is 369 g/mol. The number of carbonyl (C=O) groups is 1. The fraction of sp³-hybridized carbons (Fsp3) is 0.316. The van der Waals surface area contributed by atoms with E-state index in [1.54, 1.807) is 25.3 Å². The highest BCUT2D eigenvalue weighted by Gasteiger charge is 2.35. The van der Waals surface area contributed by atoms with E-state index in [2.05, 4.69) is 14.1 Å². The Bertz CT molecular complexity index is 972. The fourth-order valence-electron chi connectivity index (χ4n) is 3.50. The molecule has 2 N–H and O–H groups in total. The van der Waals surface area contributed by atoms with E-state index in [1.807, 2.05) is 18.2 Å². The van der Waals surface area contributed by atoms with Gasteiger partial charge in [0.2, 0.25) is 0 Å². The van der Waals surface area contributed by atoms with E-state index in [4.69, 9.17) is 4.74 Å². The van der Waals surface area contributed by atoms with Crippen LogP contribution in [-0.2, 0) is 12.0 Å². The van der Waals surface area contributed by atoms with Gasteiger partial charge in [0.05, 0.1) is 25.4 Å². The third-order valence-electron chi connectivity index (χ3n) is 4.91. The lowest BCUT2D eigenvalue weighted by Gasteiger charge is -2.35. The second kappa shape index (κ2) is 6.66. The van der Waals surface area contributed by atoms with Gasteiger partial charge < -0.3 is 15.2 Å². The molecule has 1 atom stereocenters. The second-order valence-electron chi connectivity index (χ2n) is 6.56. The van der Waals surface area contributed by atoms with Gasteiger partial charge in [0, 0.05) is 5.56 Å². The number of carbonyl (C=O) groups excluding carboxylic acids is 1. The second-order valence-corrected chi connectivity index (χ2v) is 7.09. The van der Waals surface area contributed by atoms with Crippen molar-refractivity contribution in [3.8, 4) is 5.75 Å². The summed E-state index contributed by atoms with van der Waals surface area (Å²) in [4.78, 5) is 12.5. The molecular formula is C19H19N3O3S. The molecule has 0 saturated carbocycles. The topological polar surface area (TPSA) is 84.3 Å². The number of aliphatic hydroxyl groups is 1. The third kappa shape index (κ3) is 3.04. The number of hydrogen-bond donors (Lipinski definition) is 2. The first-order valence-electron chi connectivity index (χ1n) is 8.49. The van der Waals surface area contributed by atoms with Gasteiger partial charge in [-0.05, 0) is 60.7 Å². The van der Waals surface area contributed by atoms with Crippen molar-refractivity contribution in [1.82, 2.24) is 14.1 Å². The standard InChI is InChI=1S/C19H19N3O3S/c1-25-14-5-6-15-12(9-14)3-2-8-19(15,24)11-20-18(23)13-4-7-16-17(10-13)22-26-21-16/h4-7,9-10,24H,2-3,8,11H2,1H3,(H,20,23)/t19-/m1/s1. The first kappa shape index (κ1) is 16.9. The smallest absolute Gasteiger partial charge is 0.251 e. The predicted octanol–water partition coefficient (Wildman–Crippen LogP) is 2.65. The van der Waals surface area contributed by atoms with Gasteiger partial charge >= 0.3 is 0 Å². The molecule has 3 aromatic rings. The first-order chi connectivity index (χ1) is 12.6. The highest BCUT2D eigenvalue weighted by Crippen LogP contribution is 2.36. The molecule has 0 saturated heterocycles. The van der Waals surface area contributed by atoms with Crippen molar-refractivity contribution >= 4 is 28.7 Å². The molecule has 1 aromatic heterocycles. The van der Waals surface area contributed by atoms with Crippen LogP contribution in [0.15, 0.2) is 36.4 Å². The SMILES string of the molecule is COc1ccc2c(c1)CCC[C@@]2(O)CNC(=O)c1ccc2nsnc2c1. The maximum absolute atomic E-state index is 12.5. The molecule has 0 bridgehead atoms. The summed E-state index contributed by atoms with van der Waals surface area (Å²) in [7, 11) is 1.63. The van der Waals surface area contributed by atoms with Gasteiger partial charge in [0.1, 0.15) is 22.4 Å². The van der Waals surface area contributed by atoms with Crippen LogP contribution in [-0.4, -0.2) is 33.4 Å². The van der Waals surface area contributed by atoms with E-state index in [0.717, 1.165) is 47.0 Å². The van der Waals surface area contributed by atoms with Crippen molar-refractivity contribution in [3.63, 3.8) is 0 Å². The zero-order valence-corrected chi connectivity index (χ0v) is 15.2. The maximum atomic E-state index is 12.5. The monoisotopic (exact) mass is 369 g/mol. The van der Waals surface area contributed by atoms with Crippen molar-refractivity contribution < 1.29 is 14.6 Å². The Hall–Kier alpha value is -2.51. The molecule has 134 valence electrons. The van der Waals surface area contributed by atoms with Gasteiger partial charge in [-0.2, -0.15) is 8.75 Å². The van der Waals surface area contributed by atoms with Crippen LogP contribution in [0.1, 0.15) is 34.3 Å². The number of aromatic nitrogens is 2. The van der Waals surface area contributed by atoms with Gasteiger partial charge in [-0.1, -0.05) is 6.07 Å². The number of fused-ring (bicyclic) bond motifs is 2. The minimum Gasteiger partial charge on any atom is -0.497 e. The molecule has 1 heterocycles. The van der Waals surface area contributed by atoms with Crippen LogP contribution in [0, 0.1) is 0 Å². The summed E-state index contributed by atoms with van der Waals surface area (Å²) in [5, 5.41) is 14.0. The quantitative estimate of drug-likeness (QED) is 0.739. The van der Waals surface area contributed by atoms with Gasteiger partial charge in [0.15, 0.2) is 0 Å². The molecule has 0 radical (unpaired) electrons. The summed E-state index contributed by atoms with van der Waals surface area (Å²) in [5.74, 6) is 0.552. The van der Waals surface area contributed by atoms with Gasteiger partial charge in [-0.15, -0.1) is 0 Å². The summed E-state index contributed by atoms with van der Waals surface area (Å²) in [5.41, 5.74) is 2.87. The third-order valence-corrected chi connectivity index (χ3v) is 5.46. The van der Waals surface area contributed by atoms with Crippen molar-refractivity contribution in [3.05, 3.63) is 53.1 Å². The van der Waals surface area contributed by atoms with E-state index < -0.39 is 5.60 Å². The number of methoxy groups -OCH3 is 1. The fourth-order valence-corrected chi connectivity index (χ4v) is 4.02. The average Bonchev–Trinajstić information content (AvgIpc) is 3.14. The van der Waals surface area contributed by atoms with Crippen LogP contribution < -0.4 is 10.1 Å². The Morgan fingerprint density at radius 2 is 2.12 bits per heavy atom. The van der Waals surface area contributed by atoms with E-state index >= 15 is 0 Å². The molecule has 26 heavy (non-hydrogen) atoms. The molecule has 0 spiro atoms. The number of nitrogens with one attached hydrogen (secondary N) is 1. The number of rotatable bonds is 4. The zero-order chi connectivity index (χ0) is 18.1. The Labute approximate surface area is 155 Å². The zero-order valence-electron chi connectivity index (χ0n) is 14.4. The number of amides is 1. The lowest BCUT2D eigenvalue weighted by Crippen LogP contribution is -2.43. The number of nitrogens with zero attached hydrogens (tertiary/aromatic N) is 2. The largest absolute Gasteiger partial charge is 0.497 e. The normalized spacial score (nSPS) is 19.2. The molecule has 0 unspecified atom stereocenters. The van der Waals surface area contributed by atoms with Crippen LogP contribution >= 0.6 is 11.7 Å². The lowest BCUT2D eigenvalue weighted by atomic mass is 9.79. The molecule has 2 aromatic carbocycles.